The van der Waals surface area contributed by atoms with Crippen molar-refractivity contribution in [3.05, 3.63) is 45.9 Å². The van der Waals surface area contributed by atoms with Crippen LogP contribution in [0.1, 0.15) is 17.4 Å². The van der Waals surface area contributed by atoms with Crippen LogP contribution in [0.3, 0.4) is 0 Å². The molecule has 24 heavy (non-hydrogen) atoms. The summed E-state index contributed by atoms with van der Waals surface area (Å²) < 4.78 is 5.49. The second-order valence-electron chi connectivity index (χ2n) is 5.40. The second kappa shape index (κ2) is 8.78. The van der Waals surface area contributed by atoms with E-state index in [4.69, 9.17) is 16.3 Å². The van der Waals surface area contributed by atoms with E-state index in [1.807, 2.05) is 31.2 Å². The molecule has 2 aromatic rings. The first kappa shape index (κ1) is 19.1. The van der Waals surface area contributed by atoms with Gasteiger partial charge in [0.2, 0.25) is 5.91 Å². The number of hydrogen-bond acceptors (Lipinski definition) is 5. The Morgan fingerprint density at radius 3 is 3.04 bits per heavy atom. The molecule has 0 saturated carbocycles. The molecule has 1 aliphatic heterocycles. The number of hydrogen-bond donors (Lipinski definition) is 2. The van der Waals surface area contributed by atoms with E-state index in [-0.39, 0.29) is 30.5 Å². The Hall–Kier alpha value is -1.18. The summed E-state index contributed by atoms with van der Waals surface area (Å²) in [7, 11) is 0. The molecular weight excluding hydrogens is 369 g/mol. The molecule has 3 rings (SSSR count). The van der Waals surface area contributed by atoms with Crippen LogP contribution >= 0.6 is 35.3 Å². The molecule has 2 heterocycles. The second-order valence-corrected chi connectivity index (χ2v) is 6.92. The van der Waals surface area contributed by atoms with E-state index in [9.17, 15) is 4.79 Å². The maximum Gasteiger partial charge on any atom is 0.245 e. The van der Waals surface area contributed by atoms with Gasteiger partial charge in [0.05, 0.1) is 12.7 Å². The smallest absolute Gasteiger partial charge is 0.245 e. The highest BCUT2D eigenvalue weighted by molar-refractivity contribution is 7.15. The van der Waals surface area contributed by atoms with Crippen LogP contribution in [0.15, 0.2) is 30.5 Å². The maximum atomic E-state index is 12.3. The number of ether oxygens (including phenoxy) is 1. The van der Waals surface area contributed by atoms with Crippen LogP contribution in [-0.2, 0) is 16.0 Å². The molecule has 2 N–H and O–H groups in total. The van der Waals surface area contributed by atoms with Crippen LogP contribution in [0, 0.1) is 0 Å². The number of amides is 1. The van der Waals surface area contributed by atoms with Gasteiger partial charge < -0.3 is 15.4 Å². The quantitative estimate of drug-likeness (QED) is 0.845. The standard InChI is InChI=1S/C16H18ClN3O2S.ClH/c1-10-14(18-6-7-22-10)15(21)20-16-19-9-12(23-16)8-11-4-2-3-5-13(11)17;/h2-5,9-10,14,18H,6-8H2,1H3,(H,19,20,21);1H/t10-,14+;/m1./s1. The minimum atomic E-state index is -0.348. The highest BCUT2D eigenvalue weighted by atomic mass is 35.5. The van der Waals surface area contributed by atoms with Crippen LogP contribution < -0.4 is 10.6 Å². The molecule has 2 atom stereocenters. The third kappa shape index (κ3) is 4.68. The minimum absolute atomic E-state index is 0. The molecule has 0 aliphatic carbocycles. The van der Waals surface area contributed by atoms with E-state index in [1.54, 1.807) is 6.20 Å². The summed E-state index contributed by atoms with van der Waals surface area (Å²) in [6.45, 7) is 3.20. The summed E-state index contributed by atoms with van der Waals surface area (Å²) in [5.74, 6) is -0.115. The highest BCUT2D eigenvalue weighted by Crippen LogP contribution is 2.25. The Morgan fingerprint density at radius 2 is 2.29 bits per heavy atom. The molecule has 1 amide bonds. The van der Waals surface area contributed by atoms with Gasteiger partial charge in [0.25, 0.3) is 0 Å². The maximum absolute atomic E-state index is 12.3. The van der Waals surface area contributed by atoms with Gasteiger partial charge in [-0.2, -0.15) is 0 Å². The molecule has 8 heteroatoms. The fraction of sp³-hybridized carbons (Fsp3) is 0.375. The lowest BCUT2D eigenvalue weighted by Crippen LogP contribution is -2.53. The van der Waals surface area contributed by atoms with Crippen molar-refractivity contribution >= 4 is 46.4 Å². The number of benzene rings is 1. The predicted molar refractivity (Wildman–Crippen MR) is 99.5 cm³/mol. The molecule has 0 unspecified atom stereocenters. The van der Waals surface area contributed by atoms with Crippen LogP contribution in [0.2, 0.25) is 5.02 Å². The van der Waals surface area contributed by atoms with Crippen molar-refractivity contribution in [1.29, 1.82) is 0 Å². The van der Waals surface area contributed by atoms with Gasteiger partial charge in [-0.25, -0.2) is 4.98 Å². The number of carbonyl (C=O) groups excluding carboxylic acids is 1. The predicted octanol–water partition coefficient (Wildman–Crippen LogP) is 3.12. The van der Waals surface area contributed by atoms with Gasteiger partial charge in [0, 0.05) is 29.1 Å². The Morgan fingerprint density at radius 1 is 1.50 bits per heavy atom. The van der Waals surface area contributed by atoms with Gasteiger partial charge in [0.15, 0.2) is 5.13 Å². The lowest BCUT2D eigenvalue weighted by atomic mass is 10.1. The largest absolute Gasteiger partial charge is 0.375 e. The number of carbonyl (C=O) groups is 1. The first-order chi connectivity index (χ1) is 11.1. The lowest BCUT2D eigenvalue weighted by Gasteiger charge is -2.28. The topological polar surface area (TPSA) is 63.2 Å². The Kier molecular flexibility index (Phi) is 7.01. The monoisotopic (exact) mass is 387 g/mol. The van der Waals surface area contributed by atoms with Gasteiger partial charge in [-0.1, -0.05) is 29.8 Å². The van der Waals surface area contributed by atoms with Crippen molar-refractivity contribution in [2.24, 2.45) is 0 Å². The number of rotatable bonds is 4. The van der Waals surface area contributed by atoms with Crippen LogP contribution in [0.25, 0.3) is 0 Å². The average molecular weight is 388 g/mol. The Balaban J connectivity index is 0.00000208. The number of thiazole rings is 1. The first-order valence-electron chi connectivity index (χ1n) is 7.47. The molecule has 1 aliphatic rings. The fourth-order valence-electron chi connectivity index (χ4n) is 2.49. The van der Waals surface area contributed by atoms with E-state index in [1.165, 1.54) is 11.3 Å². The molecule has 0 radical (unpaired) electrons. The van der Waals surface area contributed by atoms with Crippen LogP contribution in [0.4, 0.5) is 5.13 Å². The van der Waals surface area contributed by atoms with Crippen molar-refractivity contribution in [3.8, 4) is 0 Å². The van der Waals surface area contributed by atoms with Crippen molar-refractivity contribution < 1.29 is 9.53 Å². The molecule has 0 spiro atoms. The number of morpholine rings is 1. The Bertz CT molecular complexity index is 695. The fourth-order valence-corrected chi connectivity index (χ4v) is 3.53. The molecular formula is C16H19Cl2N3O2S. The summed E-state index contributed by atoms with van der Waals surface area (Å²) in [6, 6.07) is 7.38. The van der Waals surface area contributed by atoms with Crippen molar-refractivity contribution in [3.63, 3.8) is 0 Å². The third-order valence-electron chi connectivity index (χ3n) is 3.71. The van der Waals surface area contributed by atoms with Crippen LogP contribution in [0.5, 0.6) is 0 Å². The molecule has 1 saturated heterocycles. The minimum Gasteiger partial charge on any atom is -0.375 e. The van der Waals surface area contributed by atoms with Gasteiger partial charge >= 0.3 is 0 Å². The molecule has 130 valence electrons. The summed E-state index contributed by atoms with van der Waals surface area (Å²) in [6.07, 6.45) is 2.33. The molecule has 1 aromatic carbocycles. The van der Waals surface area contributed by atoms with E-state index < -0.39 is 0 Å². The van der Waals surface area contributed by atoms with E-state index in [0.717, 1.165) is 15.5 Å². The van der Waals surface area contributed by atoms with Crippen molar-refractivity contribution in [1.82, 2.24) is 10.3 Å². The molecule has 1 fully saturated rings. The SMILES string of the molecule is C[C@H]1OCCN[C@@H]1C(=O)Nc1ncc(Cc2ccccc2Cl)s1.Cl. The summed E-state index contributed by atoms with van der Waals surface area (Å²) in [4.78, 5) is 17.6. The van der Waals surface area contributed by atoms with Crippen molar-refractivity contribution in [2.45, 2.75) is 25.5 Å². The van der Waals surface area contributed by atoms with Crippen molar-refractivity contribution in [2.75, 3.05) is 18.5 Å². The van der Waals surface area contributed by atoms with E-state index in [2.05, 4.69) is 15.6 Å². The zero-order valence-electron chi connectivity index (χ0n) is 13.1. The third-order valence-corrected chi connectivity index (χ3v) is 4.99. The highest BCUT2D eigenvalue weighted by Gasteiger charge is 2.28. The summed E-state index contributed by atoms with van der Waals surface area (Å²) in [5, 5.41) is 7.35. The van der Waals surface area contributed by atoms with Gasteiger partial charge in [-0.3, -0.25) is 4.79 Å². The normalized spacial score (nSPS) is 20.2. The average Bonchev–Trinajstić information content (AvgIpc) is 2.97. The number of nitrogens with zero attached hydrogens (tertiary/aromatic N) is 1. The summed E-state index contributed by atoms with van der Waals surface area (Å²) in [5.41, 5.74) is 1.05. The molecule has 0 bridgehead atoms. The van der Waals surface area contributed by atoms with E-state index >= 15 is 0 Å². The van der Waals surface area contributed by atoms with Gasteiger partial charge in [0.1, 0.15) is 6.04 Å². The van der Waals surface area contributed by atoms with Gasteiger partial charge in [-0.05, 0) is 18.6 Å². The zero-order chi connectivity index (χ0) is 16.2. The van der Waals surface area contributed by atoms with E-state index in [0.29, 0.717) is 24.7 Å². The number of anilines is 1. The first-order valence-corrected chi connectivity index (χ1v) is 8.67. The number of aromatic nitrogens is 1. The Labute approximate surface area is 156 Å². The summed E-state index contributed by atoms with van der Waals surface area (Å²) >= 11 is 7.63. The lowest BCUT2D eigenvalue weighted by molar-refractivity contribution is -0.123. The molecule has 5 nitrogen and oxygen atoms in total. The molecule has 1 aromatic heterocycles. The number of nitrogens with one attached hydrogen (secondary N) is 2. The van der Waals surface area contributed by atoms with Crippen LogP contribution in [-0.4, -0.2) is 36.2 Å². The number of halogens is 2. The zero-order valence-corrected chi connectivity index (χ0v) is 15.5. The van der Waals surface area contributed by atoms with Gasteiger partial charge in [-0.15, -0.1) is 23.7 Å².